The summed E-state index contributed by atoms with van der Waals surface area (Å²) in [5.41, 5.74) is -0.0518. The van der Waals surface area contributed by atoms with Crippen molar-refractivity contribution in [2.24, 2.45) is 0 Å². The van der Waals surface area contributed by atoms with Crippen LogP contribution >= 0.6 is 11.3 Å². The molecule has 0 aliphatic carbocycles. The van der Waals surface area contributed by atoms with Crippen LogP contribution < -0.4 is 0 Å². The van der Waals surface area contributed by atoms with Gasteiger partial charge in [0.1, 0.15) is 0 Å². The highest BCUT2D eigenvalue weighted by atomic mass is 32.1. The molecule has 1 unspecified atom stereocenters. The Kier molecular flexibility index (Phi) is 3.30. The summed E-state index contributed by atoms with van der Waals surface area (Å²) in [6.07, 6.45) is 5.97. The van der Waals surface area contributed by atoms with Gasteiger partial charge in [-0.2, -0.15) is 0 Å². The minimum absolute atomic E-state index is 0.0559. The number of carbonyl (C=O) groups excluding carboxylic acids is 1. The molecular formula is C14H19N3O2S. The molecule has 2 aromatic rings. The minimum Gasteiger partial charge on any atom is -0.388 e. The van der Waals surface area contributed by atoms with E-state index in [0.717, 1.165) is 30.0 Å². The summed E-state index contributed by atoms with van der Waals surface area (Å²) in [7, 11) is 0. The molecule has 1 fully saturated rings. The number of imidazole rings is 1. The molecule has 0 spiro atoms. The lowest BCUT2D eigenvalue weighted by Gasteiger charge is -2.33. The third-order valence-corrected chi connectivity index (χ3v) is 4.63. The topological polar surface area (TPSA) is 57.8 Å². The van der Waals surface area contributed by atoms with Crippen molar-refractivity contribution in [3.63, 3.8) is 0 Å². The maximum atomic E-state index is 12.4. The van der Waals surface area contributed by atoms with E-state index in [4.69, 9.17) is 0 Å². The Labute approximate surface area is 121 Å². The highest BCUT2D eigenvalue weighted by molar-refractivity contribution is 7.15. The van der Waals surface area contributed by atoms with Crippen LogP contribution in [0, 0.1) is 0 Å². The maximum absolute atomic E-state index is 12.4. The number of nitrogens with zero attached hydrogens (tertiary/aromatic N) is 3. The van der Waals surface area contributed by atoms with Gasteiger partial charge in [0.25, 0.3) is 0 Å². The average Bonchev–Trinajstić information content (AvgIpc) is 3.00. The second-order valence-corrected chi connectivity index (χ2v) is 6.77. The fourth-order valence-electron chi connectivity index (χ4n) is 2.92. The van der Waals surface area contributed by atoms with Gasteiger partial charge < -0.3 is 10.0 Å². The molecule has 1 aliphatic heterocycles. The lowest BCUT2D eigenvalue weighted by Crippen LogP contribution is -2.48. The predicted molar refractivity (Wildman–Crippen MR) is 77.8 cm³/mol. The number of amides is 1. The van der Waals surface area contributed by atoms with Crippen LogP contribution in [0.15, 0.2) is 17.8 Å². The van der Waals surface area contributed by atoms with E-state index in [-0.39, 0.29) is 11.9 Å². The highest BCUT2D eigenvalue weighted by Gasteiger charge is 2.38. The van der Waals surface area contributed by atoms with Crippen molar-refractivity contribution in [1.82, 2.24) is 14.3 Å². The average molecular weight is 293 g/mol. The van der Waals surface area contributed by atoms with Crippen molar-refractivity contribution >= 4 is 22.2 Å². The van der Waals surface area contributed by atoms with E-state index in [1.54, 1.807) is 25.2 Å². The van der Waals surface area contributed by atoms with Crippen LogP contribution in [0.4, 0.5) is 0 Å². The minimum atomic E-state index is -0.847. The molecule has 5 nitrogen and oxygen atoms in total. The molecule has 20 heavy (non-hydrogen) atoms. The van der Waals surface area contributed by atoms with Gasteiger partial charge >= 0.3 is 0 Å². The molecule has 2 aromatic heterocycles. The van der Waals surface area contributed by atoms with Gasteiger partial charge in [0, 0.05) is 24.3 Å². The summed E-state index contributed by atoms with van der Waals surface area (Å²) >= 11 is 1.56. The summed E-state index contributed by atoms with van der Waals surface area (Å²) in [6.45, 7) is 4.28. The maximum Gasteiger partial charge on any atom is 0.228 e. The number of likely N-dealkylation sites (tertiary alicyclic amines) is 1. The van der Waals surface area contributed by atoms with E-state index in [2.05, 4.69) is 4.98 Å². The number of rotatable bonds is 3. The SMILES string of the molecule is CC(C)(O)C1CCCN1C(=O)Cc1cn2ccsc2n1. The van der Waals surface area contributed by atoms with Crippen molar-refractivity contribution in [2.45, 2.75) is 44.8 Å². The zero-order chi connectivity index (χ0) is 14.3. The van der Waals surface area contributed by atoms with Gasteiger partial charge in [0.05, 0.1) is 23.8 Å². The molecule has 3 heterocycles. The van der Waals surface area contributed by atoms with Gasteiger partial charge in [0.2, 0.25) is 5.91 Å². The lowest BCUT2D eigenvalue weighted by atomic mass is 9.96. The van der Waals surface area contributed by atoms with Gasteiger partial charge in [-0.05, 0) is 26.7 Å². The van der Waals surface area contributed by atoms with Gasteiger partial charge in [0.15, 0.2) is 4.96 Å². The number of aliphatic hydroxyl groups is 1. The second-order valence-electron chi connectivity index (χ2n) is 5.90. The quantitative estimate of drug-likeness (QED) is 0.937. The Hall–Kier alpha value is -1.40. The first kappa shape index (κ1) is 13.6. The van der Waals surface area contributed by atoms with E-state index in [0.29, 0.717) is 6.42 Å². The van der Waals surface area contributed by atoms with E-state index in [1.807, 2.05) is 27.1 Å². The zero-order valence-electron chi connectivity index (χ0n) is 11.7. The van der Waals surface area contributed by atoms with E-state index >= 15 is 0 Å². The Morgan fingerprint density at radius 2 is 2.40 bits per heavy atom. The van der Waals surface area contributed by atoms with Crippen LogP contribution in [0.25, 0.3) is 4.96 Å². The van der Waals surface area contributed by atoms with Crippen molar-refractivity contribution in [3.8, 4) is 0 Å². The molecule has 6 heteroatoms. The van der Waals surface area contributed by atoms with Crippen LogP contribution in [0.3, 0.4) is 0 Å². The Bertz CT molecular complexity index is 597. The summed E-state index contributed by atoms with van der Waals surface area (Å²) in [6, 6.07) is -0.0845. The molecule has 3 rings (SSSR count). The van der Waals surface area contributed by atoms with E-state index in [1.165, 1.54) is 0 Å². The number of aromatic nitrogens is 2. The lowest BCUT2D eigenvalue weighted by molar-refractivity contribution is -0.135. The van der Waals surface area contributed by atoms with Crippen LogP contribution in [-0.2, 0) is 11.2 Å². The van der Waals surface area contributed by atoms with Crippen molar-refractivity contribution in [2.75, 3.05) is 6.54 Å². The van der Waals surface area contributed by atoms with E-state index in [9.17, 15) is 9.90 Å². The van der Waals surface area contributed by atoms with Crippen molar-refractivity contribution < 1.29 is 9.90 Å². The Balaban J connectivity index is 1.74. The molecule has 1 amide bonds. The van der Waals surface area contributed by atoms with Crippen LogP contribution in [0.1, 0.15) is 32.4 Å². The van der Waals surface area contributed by atoms with E-state index < -0.39 is 5.60 Å². The zero-order valence-corrected chi connectivity index (χ0v) is 12.6. The van der Waals surface area contributed by atoms with Gasteiger partial charge in [-0.25, -0.2) is 4.98 Å². The molecule has 108 valence electrons. The fourth-order valence-corrected chi connectivity index (χ4v) is 3.64. The largest absolute Gasteiger partial charge is 0.388 e. The molecular weight excluding hydrogens is 274 g/mol. The summed E-state index contributed by atoms with van der Waals surface area (Å²) in [4.78, 5) is 19.6. The van der Waals surface area contributed by atoms with Gasteiger partial charge in [-0.15, -0.1) is 11.3 Å². The Morgan fingerprint density at radius 1 is 1.60 bits per heavy atom. The number of fused-ring (bicyclic) bond motifs is 1. The molecule has 0 aromatic carbocycles. The summed E-state index contributed by atoms with van der Waals surface area (Å²) < 4.78 is 1.94. The third-order valence-electron chi connectivity index (χ3n) is 3.86. The second kappa shape index (κ2) is 4.86. The Morgan fingerprint density at radius 3 is 3.10 bits per heavy atom. The molecule has 0 radical (unpaired) electrons. The molecule has 1 atom stereocenters. The predicted octanol–water partition coefficient (Wildman–Crippen LogP) is 1.70. The van der Waals surface area contributed by atoms with Crippen LogP contribution in [0.2, 0.25) is 0 Å². The first-order chi connectivity index (χ1) is 9.45. The third kappa shape index (κ3) is 2.45. The molecule has 1 saturated heterocycles. The molecule has 0 saturated carbocycles. The number of thiazole rings is 1. The van der Waals surface area contributed by atoms with Crippen molar-refractivity contribution in [3.05, 3.63) is 23.5 Å². The number of carbonyl (C=O) groups is 1. The van der Waals surface area contributed by atoms with Gasteiger partial charge in [-0.3, -0.25) is 9.20 Å². The van der Waals surface area contributed by atoms with Crippen molar-refractivity contribution in [1.29, 1.82) is 0 Å². The monoisotopic (exact) mass is 293 g/mol. The molecule has 0 bridgehead atoms. The van der Waals surface area contributed by atoms with Gasteiger partial charge in [-0.1, -0.05) is 0 Å². The fraction of sp³-hybridized carbons (Fsp3) is 0.571. The van der Waals surface area contributed by atoms with Crippen LogP contribution in [0.5, 0.6) is 0 Å². The first-order valence-electron chi connectivity index (χ1n) is 6.88. The first-order valence-corrected chi connectivity index (χ1v) is 7.76. The summed E-state index contributed by atoms with van der Waals surface area (Å²) in [5.74, 6) is 0.0559. The smallest absolute Gasteiger partial charge is 0.228 e. The molecule has 1 N–H and O–H groups in total. The number of hydrogen-bond donors (Lipinski definition) is 1. The summed E-state index contributed by atoms with van der Waals surface area (Å²) in [5, 5.41) is 12.1. The highest BCUT2D eigenvalue weighted by Crippen LogP contribution is 2.27. The van der Waals surface area contributed by atoms with Crippen LogP contribution in [-0.4, -0.2) is 43.5 Å². The standard InChI is InChI=1S/C14H19N3O2S/c1-14(2,19)11-4-3-5-17(11)12(18)8-10-9-16-6-7-20-13(16)15-10/h6-7,9,11,19H,3-5,8H2,1-2H3. The number of hydrogen-bond acceptors (Lipinski definition) is 4. The normalized spacial score (nSPS) is 19.9. The molecule has 1 aliphatic rings.